The molecular weight excluding hydrogens is 212 g/mol. The van der Waals surface area contributed by atoms with E-state index in [0.29, 0.717) is 17.5 Å². The molecule has 1 aromatic rings. The summed E-state index contributed by atoms with van der Waals surface area (Å²) in [7, 11) is 0. The molecule has 1 saturated carbocycles. The van der Waals surface area contributed by atoms with Crippen LogP contribution in [0.25, 0.3) is 0 Å². The van der Waals surface area contributed by atoms with Gasteiger partial charge >= 0.3 is 0 Å². The number of hydrogen-bond donors (Lipinski definition) is 2. The van der Waals surface area contributed by atoms with Gasteiger partial charge in [0, 0.05) is 23.6 Å². The normalized spacial score (nSPS) is 29.5. The molecule has 0 bridgehead atoms. The van der Waals surface area contributed by atoms with Crippen LogP contribution >= 0.6 is 0 Å². The Kier molecular flexibility index (Phi) is 3.38. The molecule has 17 heavy (non-hydrogen) atoms. The number of hydrogen-bond acceptors (Lipinski definition) is 3. The van der Waals surface area contributed by atoms with Gasteiger partial charge < -0.3 is 10.8 Å². The van der Waals surface area contributed by atoms with Gasteiger partial charge in [0.2, 0.25) is 0 Å². The lowest BCUT2D eigenvalue weighted by Crippen LogP contribution is -2.35. The van der Waals surface area contributed by atoms with Gasteiger partial charge in [-0.2, -0.15) is 0 Å². The van der Waals surface area contributed by atoms with E-state index in [4.69, 9.17) is 5.73 Å². The lowest BCUT2D eigenvalue weighted by Gasteiger charge is -2.39. The number of nitrogen functional groups attached to an aromatic ring is 1. The van der Waals surface area contributed by atoms with E-state index in [1.165, 1.54) is 6.42 Å². The molecule has 0 radical (unpaired) electrons. The summed E-state index contributed by atoms with van der Waals surface area (Å²) in [6.45, 7) is 4.45. The minimum Gasteiger partial charge on any atom is -0.398 e. The van der Waals surface area contributed by atoms with E-state index >= 15 is 0 Å². The first-order chi connectivity index (χ1) is 8.03. The monoisotopic (exact) mass is 234 g/mol. The Labute approximate surface area is 103 Å². The van der Waals surface area contributed by atoms with E-state index in [2.05, 4.69) is 18.8 Å². The number of rotatable bonds is 2. The van der Waals surface area contributed by atoms with Gasteiger partial charge in [0.05, 0.1) is 5.60 Å². The van der Waals surface area contributed by atoms with Crippen molar-refractivity contribution in [3.05, 3.63) is 24.0 Å². The fourth-order valence-electron chi connectivity index (χ4n) is 2.90. The molecule has 1 aliphatic carbocycles. The fraction of sp³-hybridized carbons (Fsp3) is 0.643. The Balaban J connectivity index is 2.27. The summed E-state index contributed by atoms with van der Waals surface area (Å²) in [5.41, 5.74) is 6.66. The van der Waals surface area contributed by atoms with Gasteiger partial charge in [-0.1, -0.05) is 13.8 Å². The second-order valence-electron chi connectivity index (χ2n) is 5.59. The number of aliphatic hydroxyl groups is 1. The summed E-state index contributed by atoms with van der Waals surface area (Å²) < 4.78 is 0. The summed E-state index contributed by atoms with van der Waals surface area (Å²) in [6.07, 6.45) is 7.27. The van der Waals surface area contributed by atoms with Crippen molar-refractivity contribution >= 4 is 5.69 Å². The highest BCUT2D eigenvalue weighted by molar-refractivity contribution is 5.47. The van der Waals surface area contributed by atoms with Gasteiger partial charge in [-0.3, -0.25) is 4.98 Å². The van der Waals surface area contributed by atoms with Gasteiger partial charge in [0.25, 0.3) is 0 Å². The molecule has 1 fully saturated rings. The zero-order valence-electron chi connectivity index (χ0n) is 10.7. The van der Waals surface area contributed by atoms with E-state index in [-0.39, 0.29) is 0 Å². The van der Waals surface area contributed by atoms with Crippen LogP contribution < -0.4 is 5.73 Å². The molecule has 0 amide bonds. The highest BCUT2D eigenvalue weighted by Gasteiger charge is 2.38. The van der Waals surface area contributed by atoms with Crippen LogP contribution in [0.4, 0.5) is 5.69 Å². The SMILES string of the molecule is CC(C)C1CCCC(O)(c2cnccc2N)C1. The molecule has 2 atom stereocenters. The first kappa shape index (κ1) is 12.4. The number of pyridine rings is 1. The molecular formula is C14H22N2O. The zero-order valence-corrected chi connectivity index (χ0v) is 10.7. The summed E-state index contributed by atoms with van der Waals surface area (Å²) in [5, 5.41) is 10.8. The minimum atomic E-state index is -0.772. The number of anilines is 1. The lowest BCUT2D eigenvalue weighted by molar-refractivity contribution is -0.0291. The molecule has 0 aliphatic heterocycles. The molecule has 1 aliphatic rings. The Morgan fingerprint density at radius 3 is 2.94 bits per heavy atom. The average Bonchev–Trinajstić information content (AvgIpc) is 2.29. The van der Waals surface area contributed by atoms with E-state index in [0.717, 1.165) is 24.8 Å². The van der Waals surface area contributed by atoms with Crippen molar-refractivity contribution < 1.29 is 5.11 Å². The van der Waals surface area contributed by atoms with Crippen molar-refractivity contribution in [2.75, 3.05) is 5.73 Å². The molecule has 3 N–H and O–H groups in total. The second kappa shape index (κ2) is 4.65. The highest BCUT2D eigenvalue weighted by Crippen LogP contribution is 2.43. The predicted octanol–water partition coefficient (Wildman–Crippen LogP) is 2.70. The summed E-state index contributed by atoms with van der Waals surface area (Å²) in [6, 6.07) is 1.77. The maximum Gasteiger partial charge on any atom is 0.0934 e. The standard InChI is InChI=1S/C14H22N2O/c1-10(2)11-4-3-6-14(17,8-11)12-9-16-7-5-13(12)15/h5,7,9-11,17H,3-4,6,8H2,1-2H3,(H2,15,16). The number of nitrogens with two attached hydrogens (primary N) is 1. The quantitative estimate of drug-likeness (QED) is 0.827. The summed E-state index contributed by atoms with van der Waals surface area (Å²) in [5.74, 6) is 1.19. The average molecular weight is 234 g/mol. The van der Waals surface area contributed by atoms with E-state index in [9.17, 15) is 5.11 Å². The topological polar surface area (TPSA) is 59.1 Å². The van der Waals surface area contributed by atoms with Crippen LogP contribution in [-0.2, 0) is 5.60 Å². The Morgan fingerprint density at radius 1 is 1.53 bits per heavy atom. The van der Waals surface area contributed by atoms with Crippen LogP contribution in [0.2, 0.25) is 0 Å². The van der Waals surface area contributed by atoms with E-state index in [1.54, 1.807) is 18.5 Å². The summed E-state index contributed by atoms with van der Waals surface area (Å²) in [4.78, 5) is 4.10. The van der Waals surface area contributed by atoms with Gasteiger partial charge in [-0.15, -0.1) is 0 Å². The van der Waals surface area contributed by atoms with Crippen molar-refractivity contribution in [1.82, 2.24) is 4.98 Å². The van der Waals surface area contributed by atoms with Gasteiger partial charge in [0.15, 0.2) is 0 Å². The van der Waals surface area contributed by atoms with Crippen molar-refractivity contribution in [1.29, 1.82) is 0 Å². The number of nitrogens with zero attached hydrogens (tertiary/aromatic N) is 1. The van der Waals surface area contributed by atoms with E-state index in [1.807, 2.05) is 0 Å². The van der Waals surface area contributed by atoms with Crippen molar-refractivity contribution in [3.63, 3.8) is 0 Å². The van der Waals surface area contributed by atoms with E-state index < -0.39 is 5.60 Å². The van der Waals surface area contributed by atoms with Crippen LogP contribution in [0.15, 0.2) is 18.5 Å². The molecule has 1 heterocycles. The van der Waals surface area contributed by atoms with Crippen molar-refractivity contribution in [2.24, 2.45) is 11.8 Å². The smallest absolute Gasteiger partial charge is 0.0934 e. The van der Waals surface area contributed by atoms with Gasteiger partial charge in [-0.25, -0.2) is 0 Å². The Hall–Kier alpha value is -1.09. The van der Waals surface area contributed by atoms with Crippen LogP contribution in [0.1, 0.15) is 45.1 Å². The Morgan fingerprint density at radius 2 is 2.29 bits per heavy atom. The molecule has 2 rings (SSSR count). The van der Waals surface area contributed by atoms with Crippen LogP contribution in [0, 0.1) is 11.8 Å². The molecule has 1 aromatic heterocycles. The molecule has 94 valence electrons. The second-order valence-corrected chi connectivity index (χ2v) is 5.59. The van der Waals surface area contributed by atoms with Crippen LogP contribution in [0.5, 0.6) is 0 Å². The van der Waals surface area contributed by atoms with Gasteiger partial charge in [-0.05, 0) is 43.6 Å². The third-order valence-corrected chi connectivity index (χ3v) is 4.06. The largest absolute Gasteiger partial charge is 0.398 e. The molecule has 0 aromatic carbocycles. The zero-order chi connectivity index (χ0) is 12.5. The highest BCUT2D eigenvalue weighted by atomic mass is 16.3. The molecule has 3 nitrogen and oxygen atoms in total. The molecule has 3 heteroatoms. The maximum atomic E-state index is 10.8. The van der Waals surface area contributed by atoms with Crippen molar-refractivity contribution in [2.45, 2.75) is 45.1 Å². The minimum absolute atomic E-state index is 0.577. The first-order valence-electron chi connectivity index (χ1n) is 6.45. The third kappa shape index (κ3) is 2.44. The van der Waals surface area contributed by atoms with Gasteiger partial charge in [0.1, 0.15) is 0 Å². The summed E-state index contributed by atoms with van der Waals surface area (Å²) >= 11 is 0. The lowest BCUT2D eigenvalue weighted by atomic mass is 9.71. The Bertz CT molecular complexity index is 392. The first-order valence-corrected chi connectivity index (χ1v) is 6.45. The maximum absolute atomic E-state index is 10.8. The fourth-order valence-corrected chi connectivity index (χ4v) is 2.90. The third-order valence-electron chi connectivity index (χ3n) is 4.06. The van der Waals surface area contributed by atoms with Crippen molar-refractivity contribution in [3.8, 4) is 0 Å². The molecule has 2 unspecified atom stereocenters. The molecule has 0 saturated heterocycles. The number of aromatic nitrogens is 1. The van der Waals surface area contributed by atoms with Crippen LogP contribution in [0.3, 0.4) is 0 Å². The van der Waals surface area contributed by atoms with Crippen LogP contribution in [-0.4, -0.2) is 10.1 Å². The molecule has 0 spiro atoms. The predicted molar refractivity (Wildman–Crippen MR) is 69.3 cm³/mol.